The van der Waals surface area contributed by atoms with Crippen LogP contribution in [0.4, 0.5) is 0 Å². The van der Waals surface area contributed by atoms with Gasteiger partial charge in [-0.05, 0) is 32.6 Å². The summed E-state index contributed by atoms with van der Waals surface area (Å²) in [5.41, 5.74) is 1.22. The summed E-state index contributed by atoms with van der Waals surface area (Å²) in [6.45, 7) is 8.17. The van der Waals surface area contributed by atoms with E-state index in [0.29, 0.717) is 5.92 Å². The highest BCUT2D eigenvalue weighted by Gasteiger charge is 2.25. The van der Waals surface area contributed by atoms with Gasteiger partial charge in [-0.3, -0.25) is 0 Å². The van der Waals surface area contributed by atoms with Crippen molar-refractivity contribution in [2.24, 2.45) is 5.92 Å². The quantitative estimate of drug-likeness (QED) is 0.573. The molecule has 0 bridgehead atoms. The molecule has 68 valence electrons. The summed E-state index contributed by atoms with van der Waals surface area (Å²) in [6.07, 6.45) is 6.64. The molecule has 0 fully saturated rings. The molecule has 1 aliphatic carbocycles. The first kappa shape index (κ1) is 9.53. The van der Waals surface area contributed by atoms with Gasteiger partial charge in [0.05, 0.1) is 5.60 Å². The first-order valence-corrected chi connectivity index (χ1v) is 4.47. The van der Waals surface area contributed by atoms with E-state index >= 15 is 0 Å². The minimum Gasteiger partial charge on any atom is -0.374 e. The Bertz CT molecular complexity index is 205. The average molecular weight is 166 g/mol. The predicted molar refractivity (Wildman–Crippen MR) is 52.1 cm³/mol. The highest BCUT2D eigenvalue weighted by molar-refractivity contribution is 5.15. The minimum absolute atomic E-state index is 0.0358. The maximum atomic E-state index is 5.39. The van der Waals surface area contributed by atoms with Gasteiger partial charge in [-0.25, -0.2) is 0 Å². The molecular formula is C11H18O. The summed E-state index contributed by atoms with van der Waals surface area (Å²) in [4.78, 5) is 0. The molecule has 0 amide bonds. The van der Waals surface area contributed by atoms with E-state index in [1.807, 2.05) is 0 Å². The van der Waals surface area contributed by atoms with Crippen LogP contribution < -0.4 is 0 Å². The van der Waals surface area contributed by atoms with Crippen LogP contribution in [-0.4, -0.2) is 12.7 Å². The van der Waals surface area contributed by atoms with Crippen molar-refractivity contribution in [3.8, 4) is 0 Å². The second-order valence-electron chi connectivity index (χ2n) is 3.87. The van der Waals surface area contributed by atoms with Crippen LogP contribution in [0.3, 0.4) is 0 Å². The van der Waals surface area contributed by atoms with Crippen LogP contribution in [0.15, 0.2) is 24.3 Å². The third kappa shape index (κ3) is 1.98. The van der Waals surface area contributed by atoms with E-state index in [1.165, 1.54) is 5.57 Å². The normalized spacial score (nSPS) is 35.1. The van der Waals surface area contributed by atoms with Crippen molar-refractivity contribution >= 4 is 0 Å². The molecule has 0 aliphatic heterocycles. The van der Waals surface area contributed by atoms with Gasteiger partial charge >= 0.3 is 0 Å². The molecule has 12 heavy (non-hydrogen) atoms. The number of methoxy groups -OCH3 is 1. The Morgan fingerprint density at radius 3 is 2.67 bits per heavy atom. The zero-order valence-corrected chi connectivity index (χ0v) is 8.26. The van der Waals surface area contributed by atoms with Gasteiger partial charge in [0.1, 0.15) is 0 Å². The zero-order chi connectivity index (χ0) is 9.19. The highest BCUT2D eigenvalue weighted by atomic mass is 16.5. The Balaban J connectivity index is 2.64. The third-order valence-electron chi connectivity index (χ3n) is 2.73. The lowest BCUT2D eigenvalue weighted by atomic mass is 9.83. The summed E-state index contributed by atoms with van der Waals surface area (Å²) in [7, 11) is 1.77. The van der Waals surface area contributed by atoms with Gasteiger partial charge < -0.3 is 4.74 Å². The standard InChI is InChI=1S/C11H18O/c1-9(2)10-5-7-11(3,12-4)8-6-10/h5,7,10H,1,6,8H2,2-4H3/t10-,11-/m0/s1. The van der Waals surface area contributed by atoms with Crippen LogP contribution in [-0.2, 0) is 4.74 Å². The van der Waals surface area contributed by atoms with Gasteiger partial charge in [0.15, 0.2) is 0 Å². The number of rotatable bonds is 2. The summed E-state index contributed by atoms with van der Waals surface area (Å²) in [5, 5.41) is 0. The first-order chi connectivity index (χ1) is 5.57. The molecule has 0 aromatic rings. The molecule has 0 saturated carbocycles. The van der Waals surface area contributed by atoms with E-state index in [2.05, 4.69) is 32.6 Å². The molecule has 0 heterocycles. The molecule has 2 atom stereocenters. The van der Waals surface area contributed by atoms with Gasteiger partial charge in [0, 0.05) is 7.11 Å². The maximum absolute atomic E-state index is 5.39. The number of allylic oxidation sites excluding steroid dienone is 2. The van der Waals surface area contributed by atoms with Crippen LogP contribution in [0.5, 0.6) is 0 Å². The van der Waals surface area contributed by atoms with Crippen LogP contribution in [0.1, 0.15) is 26.7 Å². The SMILES string of the molecule is C=C(C)[C@H]1C=C[C@](C)(OC)CC1. The topological polar surface area (TPSA) is 9.23 Å². The molecular weight excluding hydrogens is 148 g/mol. The molecule has 1 rings (SSSR count). The van der Waals surface area contributed by atoms with Crippen molar-refractivity contribution in [2.45, 2.75) is 32.3 Å². The lowest BCUT2D eigenvalue weighted by Gasteiger charge is -2.31. The molecule has 1 heteroatoms. The van der Waals surface area contributed by atoms with Crippen LogP contribution >= 0.6 is 0 Å². The van der Waals surface area contributed by atoms with E-state index in [4.69, 9.17) is 4.74 Å². The van der Waals surface area contributed by atoms with Crippen molar-refractivity contribution in [1.29, 1.82) is 0 Å². The molecule has 0 N–H and O–H groups in total. The molecule has 0 unspecified atom stereocenters. The van der Waals surface area contributed by atoms with Gasteiger partial charge in [-0.1, -0.05) is 24.3 Å². The summed E-state index contributed by atoms with van der Waals surface area (Å²) >= 11 is 0. The summed E-state index contributed by atoms with van der Waals surface area (Å²) < 4.78 is 5.39. The second-order valence-corrected chi connectivity index (χ2v) is 3.87. The Hall–Kier alpha value is -0.560. The molecule has 0 saturated heterocycles. The summed E-state index contributed by atoms with van der Waals surface area (Å²) in [6, 6.07) is 0. The first-order valence-electron chi connectivity index (χ1n) is 4.47. The van der Waals surface area contributed by atoms with Gasteiger partial charge in [0.25, 0.3) is 0 Å². The van der Waals surface area contributed by atoms with Gasteiger partial charge in [0.2, 0.25) is 0 Å². The van der Waals surface area contributed by atoms with Crippen molar-refractivity contribution in [3.05, 3.63) is 24.3 Å². The van der Waals surface area contributed by atoms with Crippen LogP contribution in [0, 0.1) is 5.92 Å². The van der Waals surface area contributed by atoms with Crippen LogP contribution in [0.25, 0.3) is 0 Å². The zero-order valence-electron chi connectivity index (χ0n) is 8.26. The molecule has 1 nitrogen and oxygen atoms in total. The van der Waals surface area contributed by atoms with Crippen molar-refractivity contribution in [1.82, 2.24) is 0 Å². The smallest absolute Gasteiger partial charge is 0.0831 e. The largest absolute Gasteiger partial charge is 0.374 e. The molecule has 1 aliphatic rings. The number of hydrogen-bond donors (Lipinski definition) is 0. The Labute approximate surface area is 75.1 Å². The van der Waals surface area contributed by atoms with E-state index in [0.717, 1.165) is 12.8 Å². The lowest BCUT2D eigenvalue weighted by molar-refractivity contribution is 0.0331. The summed E-state index contributed by atoms with van der Waals surface area (Å²) in [5.74, 6) is 0.563. The van der Waals surface area contributed by atoms with Crippen molar-refractivity contribution in [2.75, 3.05) is 7.11 Å². The minimum atomic E-state index is -0.0358. The highest BCUT2D eigenvalue weighted by Crippen LogP contribution is 2.30. The van der Waals surface area contributed by atoms with Crippen LogP contribution in [0.2, 0.25) is 0 Å². The molecule has 0 aromatic heterocycles. The van der Waals surface area contributed by atoms with Crippen molar-refractivity contribution in [3.63, 3.8) is 0 Å². The lowest BCUT2D eigenvalue weighted by Crippen LogP contribution is -2.28. The van der Waals surface area contributed by atoms with E-state index in [-0.39, 0.29) is 5.60 Å². The molecule has 0 spiro atoms. The van der Waals surface area contributed by atoms with E-state index in [9.17, 15) is 0 Å². The molecule has 0 aromatic carbocycles. The van der Waals surface area contributed by atoms with Gasteiger partial charge in [-0.15, -0.1) is 0 Å². The maximum Gasteiger partial charge on any atom is 0.0831 e. The number of ether oxygens (including phenoxy) is 1. The Kier molecular flexibility index (Phi) is 2.73. The van der Waals surface area contributed by atoms with Crippen molar-refractivity contribution < 1.29 is 4.74 Å². The average Bonchev–Trinajstić information content (AvgIpc) is 2.05. The van der Waals surface area contributed by atoms with E-state index < -0.39 is 0 Å². The predicted octanol–water partition coefficient (Wildman–Crippen LogP) is 2.93. The Morgan fingerprint density at radius 1 is 1.67 bits per heavy atom. The second kappa shape index (κ2) is 3.44. The Morgan fingerprint density at radius 2 is 2.33 bits per heavy atom. The van der Waals surface area contributed by atoms with Gasteiger partial charge in [-0.2, -0.15) is 0 Å². The fourth-order valence-electron chi connectivity index (χ4n) is 1.52. The fourth-order valence-corrected chi connectivity index (χ4v) is 1.52. The third-order valence-corrected chi connectivity index (χ3v) is 2.73. The fraction of sp³-hybridized carbons (Fsp3) is 0.636. The van der Waals surface area contributed by atoms with E-state index in [1.54, 1.807) is 7.11 Å². The molecule has 0 radical (unpaired) electrons. The number of hydrogen-bond acceptors (Lipinski definition) is 1. The monoisotopic (exact) mass is 166 g/mol.